The Hall–Kier alpha value is -2.03. The molecule has 2 rings (SSSR count). The van der Waals surface area contributed by atoms with Crippen molar-refractivity contribution in [1.29, 1.82) is 0 Å². The number of carbonyl (C=O) groups is 1. The summed E-state index contributed by atoms with van der Waals surface area (Å²) in [4.78, 5) is 25.5. The number of non-ortho nitro benzene ring substituents is 1. The fraction of sp³-hybridized carbons (Fsp3) is 0.333. The Balaban J connectivity index is 2.30. The van der Waals surface area contributed by atoms with Gasteiger partial charge in [0, 0.05) is 30.5 Å². The van der Waals surface area contributed by atoms with Gasteiger partial charge in [-0.3, -0.25) is 19.9 Å². The Morgan fingerprint density at radius 1 is 1.39 bits per heavy atom. The maximum Gasteiger partial charge on any atom is 0.278 e. The molecule has 0 bridgehead atoms. The molecule has 0 aliphatic heterocycles. The van der Waals surface area contributed by atoms with E-state index < -0.39 is 17.1 Å². The van der Waals surface area contributed by atoms with E-state index in [1.54, 1.807) is 12.1 Å². The van der Waals surface area contributed by atoms with Crippen LogP contribution in [0.25, 0.3) is 10.9 Å². The fourth-order valence-electron chi connectivity index (χ4n) is 2.27. The van der Waals surface area contributed by atoms with Crippen LogP contribution in [-0.4, -0.2) is 37.1 Å². The first-order valence-corrected chi connectivity index (χ1v) is 7.92. The van der Waals surface area contributed by atoms with Crippen molar-refractivity contribution in [3.8, 4) is 0 Å². The van der Waals surface area contributed by atoms with E-state index in [9.17, 15) is 25.1 Å². The van der Waals surface area contributed by atoms with Gasteiger partial charge in [-0.15, -0.1) is 0 Å². The molecule has 0 amide bonds. The lowest BCUT2D eigenvalue weighted by molar-refractivity contribution is -0.383. The predicted octanol–water partition coefficient (Wildman–Crippen LogP) is 2.21. The first-order valence-electron chi connectivity index (χ1n) is 6.93. The van der Waals surface area contributed by atoms with Crippen molar-refractivity contribution >= 4 is 33.5 Å². The molecule has 1 aromatic carbocycles. The van der Waals surface area contributed by atoms with E-state index in [1.165, 1.54) is 25.3 Å². The van der Waals surface area contributed by atoms with Crippen LogP contribution in [0.3, 0.4) is 0 Å². The number of rotatable bonds is 6. The largest absolute Gasteiger partial charge is 0.390 e. The fourth-order valence-corrected chi connectivity index (χ4v) is 2.91. The third-order valence-corrected chi connectivity index (χ3v) is 4.22. The highest BCUT2D eigenvalue weighted by Gasteiger charge is 2.24. The topological polar surface area (TPSA) is 114 Å². The summed E-state index contributed by atoms with van der Waals surface area (Å²) in [5.74, 6) is 0.381. The molecule has 1 aromatic heterocycles. The molecule has 2 unspecified atom stereocenters. The van der Waals surface area contributed by atoms with E-state index in [0.29, 0.717) is 16.7 Å². The van der Waals surface area contributed by atoms with Crippen molar-refractivity contribution in [3.05, 3.63) is 46.1 Å². The summed E-state index contributed by atoms with van der Waals surface area (Å²) < 4.78 is 0. The number of fused-ring (bicyclic) bond motifs is 1. The number of aliphatic hydroxyl groups excluding tert-OH is 2. The molecule has 0 aliphatic carbocycles. The highest BCUT2D eigenvalue weighted by Crippen LogP contribution is 2.32. The molecule has 2 atom stereocenters. The lowest BCUT2D eigenvalue weighted by atomic mass is 9.98. The number of nitro groups is 1. The zero-order chi connectivity index (χ0) is 17.0. The molecule has 0 saturated carbocycles. The first-order chi connectivity index (χ1) is 10.9. The van der Waals surface area contributed by atoms with Crippen LogP contribution < -0.4 is 0 Å². The molecule has 2 N–H and O–H groups in total. The predicted molar refractivity (Wildman–Crippen MR) is 87.1 cm³/mol. The molecular weight excluding hydrogens is 320 g/mol. The van der Waals surface area contributed by atoms with Gasteiger partial charge in [0.15, 0.2) is 5.12 Å². The Labute approximate surface area is 136 Å². The van der Waals surface area contributed by atoms with Gasteiger partial charge in [0.05, 0.1) is 21.9 Å². The van der Waals surface area contributed by atoms with Crippen molar-refractivity contribution < 1.29 is 19.9 Å². The Bertz CT molecular complexity index is 737. The van der Waals surface area contributed by atoms with Crippen LogP contribution in [-0.2, 0) is 4.79 Å². The number of aromatic nitrogens is 1. The molecule has 23 heavy (non-hydrogen) atoms. The highest BCUT2D eigenvalue weighted by molar-refractivity contribution is 8.13. The summed E-state index contributed by atoms with van der Waals surface area (Å²) in [6.07, 6.45) is -0.633. The smallest absolute Gasteiger partial charge is 0.278 e. The van der Waals surface area contributed by atoms with Crippen LogP contribution >= 0.6 is 11.8 Å². The van der Waals surface area contributed by atoms with E-state index in [-0.39, 0.29) is 22.7 Å². The average molecular weight is 336 g/mol. The summed E-state index contributed by atoms with van der Waals surface area (Å²) in [7, 11) is 0. The van der Waals surface area contributed by atoms with E-state index in [0.717, 1.165) is 11.8 Å². The minimum atomic E-state index is -1.24. The summed E-state index contributed by atoms with van der Waals surface area (Å²) in [6.45, 7) is 1.43. The molecule has 122 valence electrons. The summed E-state index contributed by atoms with van der Waals surface area (Å²) in [5.41, 5.74) is 0.504. The van der Waals surface area contributed by atoms with Crippen molar-refractivity contribution in [2.24, 2.45) is 0 Å². The van der Waals surface area contributed by atoms with E-state index in [4.69, 9.17) is 0 Å². The third kappa shape index (κ3) is 4.04. The molecule has 0 saturated heterocycles. The molecule has 8 heteroatoms. The minimum Gasteiger partial charge on any atom is -0.390 e. The van der Waals surface area contributed by atoms with Gasteiger partial charge in [-0.2, -0.15) is 0 Å². The first kappa shape index (κ1) is 17.3. The van der Waals surface area contributed by atoms with Gasteiger partial charge in [0.2, 0.25) is 0 Å². The molecule has 0 aliphatic rings. The number of aliphatic hydroxyl groups is 2. The van der Waals surface area contributed by atoms with Crippen molar-refractivity contribution in [2.45, 2.75) is 25.6 Å². The van der Waals surface area contributed by atoms with Gasteiger partial charge in [-0.05, 0) is 24.6 Å². The van der Waals surface area contributed by atoms with Crippen LogP contribution in [0, 0.1) is 10.1 Å². The lowest BCUT2D eigenvalue weighted by Crippen LogP contribution is -2.19. The molecule has 1 heterocycles. The van der Waals surface area contributed by atoms with E-state index >= 15 is 0 Å². The monoisotopic (exact) mass is 336 g/mol. The Morgan fingerprint density at radius 3 is 2.78 bits per heavy atom. The second kappa shape index (κ2) is 7.49. The standard InChI is InChI=1S/C15H16N2O5S/c1-9(18)23-8-6-13(19)15(20)11-4-5-12(17(21)22)10-3-2-7-16-14(10)11/h2-5,7,13,15,19-20H,6,8H2,1H3. The van der Waals surface area contributed by atoms with Gasteiger partial charge in [0.1, 0.15) is 6.10 Å². The van der Waals surface area contributed by atoms with Gasteiger partial charge in [0.25, 0.3) is 5.69 Å². The number of hydrogen-bond acceptors (Lipinski definition) is 7. The number of thioether (sulfide) groups is 1. The maximum absolute atomic E-state index is 11.1. The van der Waals surface area contributed by atoms with Crippen LogP contribution in [0.15, 0.2) is 30.5 Å². The normalized spacial score (nSPS) is 13.7. The number of hydrogen-bond donors (Lipinski definition) is 2. The number of benzene rings is 1. The van der Waals surface area contributed by atoms with Gasteiger partial charge in [-0.25, -0.2) is 0 Å². The molecule has 0 spiro atoms. The zero-order valence-corrected chi connectivity index (χ0v) is 13.2. The van der Waals surface area contributed by atoms with Crippen molar-refractivity contribution in [3.63, 3.8) is 0 Å². The van der Waals surface area contributed by atoms with Crippen LogP contribution in [0.4, 0.5) is 5.69 Å². The van der Waals surface area contributed by atoms with Crippen LogP contribution in [0.5, 0.6) is 0 Å². The zero-order valence-electron chi connectivity index (χ0n) is 12.4. The van der Waals surface area contributed by atoms with Gasteiger partial charge >= 0.3 is 0 Å². The Morgan fingerprint density at radius 2 is 2.13 bits per heavy atom. The molecule has 7 nitrogen and oxygen atoms in total. The number of carbonyl (C=O) groups excluding carboxylic acids is 1. The van der Waals surface area contributed by atoms with Crippen molar-refractivity contribution in [2.75, 3.05) is 5.75 Å². The summed E-state index contributed by atoms with van der Waals surface area (Å²) >= 11 is 1.07. The van der Waals surface area contributed by atoms with Crippen LogP contribution in [0.2, 0.25) is 0 Å². The molecule has 0 fully saturated rings. The highest BCUT2D eigenvalue weighted by atomic mass is 32.2. The molecule has 0 radical (unpaired) electrons. The van der Waals surface area contributed by atoms with E-state index in [2.05, 4.69) is 4.98 Å². The van der Waals surface area contributed by atoms with Gasteiger partial charge < -0.3 is 10.2 Å². The van der Waals surface area contributed by atoms with Crippen molar-refractivity contribution in [1.82, 2.24) is 4.98 Å². The number of nitrogens with zero attached hydrogens (tertiary/aromatic N) is 2. The van der Waals surface area contributed by atoms with E-state index in [1.807, 2.05) is 0 Å². The Kier molecular flexibility index (Phi) is 5.64. The second-order valence-corrected chi connectivity index (χ2v) is 6.24. The number of nitro benzene ring substituents is 1. The minimum absolute atomic E-state index is 0.0610. The average Bonchev–Trinajstić information content (AvgIpc) is 2.52. The molecular formula is C15H16N2O5S. The second-order valence-electron chi connectivity index (χ2n) is 4.97. The van der Waals surface area contributed by atoms with Gasteiger partial charge in [-0.1, -0.05) is 11.8 Å². The molecule has 2 aromatic rings. The lowest BCUT2D eigenvalue weighted by Gasteiger charge is -2.19. The number of pyridine rings is 1. The summed E-state index contributed by atoms with van der Waals surface area (Å²) in [6, 6.07) is 5.82. The maximum atomic E-state index is 11.1. The summed E-state index contributed by atoms with van der Waals surface area (Å²) in [5, 5.41) is 31.7. The quantitative estimate of drug-likeness (QED) is 0.614. The SMILES string of the molecule is CC(=O)SCCC(O)C(O)c1ccc([N+](=O)[O-])c2cccnc12. The third-order valence-electron chi connectivity index (χ3n) is 3.38. The van der Waals surface area contributed by atoms with Crippen LogP contribution in [0.1, 0.15) is 25.0 Å².